The number of nitrogens with zero attached hydrogens (tertiary/aromatic N) is 5. The summed E-state index contributed by atoms with van der Waals surface area (Å²) < 4.78 is 27.2. The third kappa shape index (κ3) is 5.11. The summed E-state index contributed by atoms with van der Waals surface area (Å²) in [5.41, 5.74) is -0.184. The Morgan fingerprint density at radius 3 is 2.50 bits per heavy atom. The highest BCUT2D eigenvalue weighted by Crippen LogP contribution is 2.40. The lowest BCUT2D eigenvalue weighted by Gasteiger charge is -2.48. The molecule has 1 N–H and O–H groups in total. The quantitative estimate of drug-likeness (QED) is 0.466. The number of anilines is 1. The van der Waals surface area contributed by atoms with E-state index in [0.717, 1.165) is 18.2 Å². The number of hydrogen-bond donors (Lipinski definition) is 1. The number of carbonyl (C=O) groups is 1. The lowest BCUT2D eigenvalue weighted by molar-refractivity contribution is -0.134. The van der Waals surface area contributed by atoms with Crippen molar-refractivity contribution < 1.29 is 13.2 Å². The molecular formula is C28H36N6O3S. The molecule has 1 aliphatic carbocycles. The van der Waals surface area contributed by atoms with Gasteiger partial charge in [0.25, 0.3) is 0 Å². The Bertz CT molecular complexity index is 1380. The molecule has 5 rings (SSSR count). The summed E-state index contributed by atoms with van der Waals surface area (Å²) in [5, 5.41) is 4.07. The molecule has 1 saturated heterocycles. The van der Waals surface area contributed by atoms with Gasteiger partial charge in [-0.05, 0) is 77.3 Å². The molecule has 9 nitrogen and oxygen atoms in total. The average molecular weight is 537 g/mol. The van der Waals surface area contributed by atoms with Crippen LogP contribution in [0.2, 0.25) is 0 Å². The monoisotopic (exact) mass is 536 g/mol. The van der Waals surface area contributed by atoms with Gasteiger partial charge in [0.2, 0.25) is 5.91 Å². The summed E-state index contributed by atoms with van der Waals surface area (Å²) in [6.07, 6.45) is 6.69. The van der Waals surface area contributed by atoms with Gasteiger partial charge in [0.15, 0.2) is 15.5 Å². The number of aromatic nitrogens is 3. The molecule has 1 aromatic carbocycles. The molecule has 202 valence electrons. The first-order valence-electron chi connectivity index (χ1n) is 13.3. The van der Waals surface area contributed by atoms with Crippen LogP contribution in [0, 0.1) is 0 Å². The first kappa shape index (κ1) is 26.5. The number of hydrogen-bond acceptors (Lipinski definition) is 8. The van der Waals surface area contributed by atoms with Crippen LogP contribution in [0.1, 0.15) is 46.0 Å². The van der Waals surface area contributed by atoms with E-state index in [4.69, 9.17) is 0 Å². The predicted molar refractivity (Wildman–Crippen MR) is 147 cm³/mol. The van der Waals surface area contributed by atoms with Crippen LogP contribution >= 0.6 is 0 Å². The second-order valence-corrected chi connectivity index (χ2v) is 12.8. The van der Waals surface area contributed by atoms with E-state index in [-0.39, 0.29) is 11.7 Å². The van der Waals surface area contributed by atoms with E-state index in [1.807, 2.05) is 23.1 Å². The molecule has 38 heavy (non-hydrogen) atoms. The average Bonchev–Trinajstić information content (AvgIpc) is 3.29. The molecule has 3 aromatic rings. The fourth-order valence-electron chi connectivity index (χ4n) is 5.99. The van der Waals surface area contributed by atoms with Crippen LogP contribution < -0.4 is 5.32 Å². The zero-order valence-electron chi connectivity index (χ0n) is 22.2. The number of pyridine rings is 1. The molecule has 0 spiro atoms. The van der Waals surface area contributed by atoms with Gasteiger partial charge in [-0.15, -0.1) is 0 Å². The van der Waals surface area contributed by atoms with Crippen LogP contribution in [0.3, 0.4) is 0 Å². The zero-order chi connectivity index (χ0) is 26.9. The summed E-state index contributed by atoms with van der Waals surface area (Å²) in [5.74, 6) is 0.428. The third-order valence-electron chi connectivity index (χ3n) is 8.34. The summed E-state index contributed by atoms with van der Waals surface area (Å²) in [4.78, 5) is 31.3. The molecule has 10 heteroatoms. The summed E-state index contributed by atoms with van der Waals surface area (Å²) >= 11 is 0. The van der Waals surface area contributed by atoms with Crippen molar-refractivity contribution in [2.45, 2.75) is 74.5 Å². The minimum Gasteiger partial charge on any atom is -0.358 e. The molecule has 1 atom stereocenters. The van der Waals surface area contributed by atoms with Crippen molar-refractivity contribution in [2.24, 2.45) is 0 Å². The number of carbonyl (C=O) groups excluding carboxylic acids is 1. The van der Waals surface area contributed by atoms with Gasteiger partial charge in [-0.3, -0.25) is 4.79 Å². The third-order valence-corrected chi connectivity index (χ3v) is 10.2. The number of likely N-dealkylation sites (tertiary alicyclic amines) is 1. The minimum absolute atomic E-state index is 0.0685. The Balaban J connectivity index is 1.42. The summed E-state index contributed by atoms with van der Waals surface area (Å²) in [6, 6.07) is 12.6. The second-order valence-electron chi connectivity index (χ2n) is 10.9. The molecule has 0 unspecified atom stereocenters. The maximum atomic E-state index is 13.9. The van der Waals surface area contributed by atoms with Gasteiger partial charge >= 0.3 is 0 Å². The molecular weight excluding hydrogens is 500 g/mol. The van der Waals surface area contributed by atoms with Crippen molar-refractivity contribution in [3.8, 4) is 0 Å². The van der Waals surface area contributed by atoms with E-state index < -0.39 is 21.4 Å². The Kier molecular flexibility index (Phi) is 7.37. The fraction of sp³-hybridized carbons (Fsp3) is 0.500. The number of fused-ring (bicyclic) bond motifs is 1. The number of amides is 1. The largest absolute Gasteiger partial charge is 0.358 e. The Morgan fingerprint density at radius 1 is 1.05 bits per heavy atom. The van der Waals surface area contributed by atoms with Gasteiger partial charge in [0, 0.05) is 24.8 Å². The second kappa shape index (κ2) is 10.6. The number of nitrogens with one attached hydrogen (secondary N) is 1. The van der Waals surface area contributed by atoms with E-state index in [1.165, 1.54) is 6.33 Å². The van der Waals surface area contributed by atoms with Crippen molar-refractivity contribution in [3.63, 3.8) is 0 Å². The van der Waals surface area contributed by atoms with Gasteiger partial charge in [0.1, 0.15) is 18.2 Å². The van der Waals surface area contributed by atoms with E-state index >= 15 is 0 Å². The van der Waals surface area contributed by atoms with Crippen LogP contribution in [0.25, 0.3) is 11.0 Å². The minimum atomic E-state index is -3.60. The first-order valence-corrected chi connectivity index (χ1v) is 15.0. The van der Waals surface area contributed by atoms with Gasteiger partial charge in [0.05, 0.1) is 21.6 Å². The first-order chi connectivity index (χ1) is 18.2. The van der Waals surface area contributed by atoms with Gasteiger partial charge in [-0.25, -0.2) is 23.4 Å². The Hall–Kier alpha value is -3.11. The molecule has 1 saturated carbocycles. The van der Waals surface area contributed by atoms with E-state index in [2.05, 4.69) is 46.1 Å². The number of benzene rings is 1. The molecule has 2 aliphatic rings. The van der Waals surface area contributed by atoms with Crippen LogP contribution in [-0.4, -0.2) is 82.1 Å². The van der Waals surface area contributed by atoms with Crippen molar-refractivity contribution in [2.75, 3.05) is 24.7 Å². The van der Waals surface area contributed by atoms with E-state index in [1.54, 1.807) is 30.5 Å². The fourth-order valence-corrected chi connectivity index (χ4v) is 7.88. The van der Waals surface area contributed by atoms with Gasteiger partial charge in [-0.1, -0.05) is 18.2 Å². The normalized spacial score (nSPS) is 24.4. The van der Waals surface area contributed by atoms with Crippen molar-refractivity contribution in [1.82, 2.24) is 24.8 Å². The maximum absolute atomic E-state index is 13.9. The zero-order valence-corrected chi connectivity index (χ0v) is 23.1. The highest BCUT2D eigenvalue weighted by molar-refractivity contribution is 7.91. The molecule has 0 bridgehead atoms. The van der Waals surface area contributed by atoms with Crippen LogP contribution in [0.4, 0.5) is 5.82 Å². The SMILES string of the molecule is CC(C)N(C)C1CCC(CS(=O)(=O)c2ccccc2)(N2CC[C@H](Nc3ncnc4ncccc34)C2=O)CC1. The smallest absolute Gasteiger partial charge is 0.245 e. The van der Waals surface area contributed by atoms with Crippen LogP contribution in [0.5, 0.6) is 0 Å². The molecule has 1 amide bonds. The number of sulfone groups is 1. The standard InChI is InChI=1S/C28H36N6O3S/c1-20(2)33(3)21-11-14-28(15-12-21,18-38(36,37)22-8-5-4-6-9-22)34-17-13-24(27(34)35)32-26-23-10-7-16-29-25(23)30-19-31-26/h4-10,16,19-21,24H,11-15,17-18H2,1-3H3,(H,29,30,31,32)/t21?,24-,28?/m0/s1. The summed E-state index contributed by atoms with van der Waals surface area (Å²) in [6.45, 7) is 4.86. The van der Waals surface area contributed by atoms with E-state index in [0.29, 0.717) is 54.3 Å². The maximum Gasteiger partial charge on any atom is 0.245 e. The molecule has 3 heterocycles. The molecule has 1 aliphatic heterocycles. The highest BCUT2D eigenvalue weighted by atomic mass is 32.2. The van der Waals surface area contributed by atoms with Crippen molar-refractivity contribution in [3.05, 3.63) is 55.0 Å². The van der Waals surface area contributed by atoms with Crippen molar-refractivity contribution in [1.29, 1.82) is 0 Å². The van der Waals surface area contributed by atoms with Gasteiger partial charge < -0.3 is 15.1 Å². The van der Waals surface area contributed by atoms with E-state index in [9.17, 15) is 13.2 Å². The summed E-state index contributed by atoms with van der Waals surface area (Å²) in [7, 11) is -1.47. The Morgan fingerprint density at radius 2 is 1.79 bits per heavy atom. The van der Waals surface area contributed by atoms with Crippen molar-refractivity contribution >= 4 is 32.6 Å². The lowest BCUT2D eigenvalue weighted by atomic mass is 9.78. The van der Waals surface area contributed by atoms with Crippen LogP contribution in [-0.2, 0) is 14.6 Å². The molecule has 2 fully saturated rings. The number of rotatable bonds is 8. The Labute approximate surface area is 224 Å². The van der Waals surface area contributed by atoms with Gasteiger partial charge in [-0.2, -0.15) is 0 Å². The molecule has 2 aromatic heterocycles. The molecule has 0 radical (unpaired) electrons. The predicted octanol–water partition coefficient (Wildman–Crippen LogP) is 3.53. The van der Waals surface area contributed by atoms with Crippen LogP contribution in [0.15, 0.2) is 59.9 Å². The lowest BCUT2D eigenvalue weighted by Crippen LogP contribution is -2.58. The highest BCUT2D eigenvalue weighted by Gasteiger charge is 2.50. The topological polar surface area (TPSA) is 108 Å².